The van der Waals surface area contributed by atoms with Gasteiger partial charge in [0.2, 0.25) is 5.91 Å². The lowest BCUT2D eigenvalue weighted by Gasteiger charge is -2.03. The van der Waals surface area contributed by atoms with Crippen LogP contribution in [0.2, 0.25) is 5.02 Å². The van der Waals surface area contributed by atoms with Crippen LogP contribution in [0.25, 0.3) is 0 Å². The van der Waals surface area contributed by atoms with E-state index in [2.05, 4.69) is 5.32 Å². The normalized spacial score (nSPS) is 10.3. The Morgan fingerprint density at radius 3 is 2.72 bits per heavy atom. The second kappa shape index (κ2) is 6.83. The van der Waals surface area contributed by atoms with Crippen molar-refractivity contribution in [3.05, 3.63) is 51.7 Å². The van der Waals surface area contributed by atoms with Gasteiger partial charge in [-0.05, 0) is 35.7 Å². The maximum Gasteiger partial charge on any atom is 0.230 e. The van der Waals surface area contributed by atoms with Crippen LogP contribution in [0, 0.1) is 0 Å². The van der Waals surface area contributed by atoms with E-state index in [0.717, 1.165) is 4.90 Å². The summed E-state index contributed by atoms with van der Waals surface area (Å²) >= 11 is 8.95. The number of amides is 1. The fourth-order valence-corrected chi connectivity index (χ4v) is 2.83. The standard InChI is InChI=1S/C13H12ClNOS2/c14-10-3-5-11(6-4-10)18-9-13(16)15-8-12-2-1-7-17-12/h1-7H,8-9H2,(H,15,16). The third kappa shape index (κ3) is 4.37. The second-order valence-corrected chi connectivity index (χ2v) is 6.12. The molecular formula is C13H12ClNOS2. The molecule has 0 fully saturated rings. The summed E-state index contributed by atoms with van der Waals surface area (Å²) in [7, 11) is 0. The lowest BCUT2D eigenvalue weighted by Crippen LogP contribution is -2.24. The Bertz CT molecular complexity index is 496. The van der Waals surface area contributed by atoms with E-state index in [1.165, 1.54) is 16.6 Å². The van der Waals surface area contributed by atoms with Crippen molar-refractivity contribution in [2.75, 3.05) is 5.75 Å². The van der Waals surface area contributed by atoms with Gasteiger partial charge in [0.25, 0.3) is 0 Å². The van der Waals surface area contributed by atoms with E-state index in [-0.39, 0.29) is 5.91 Å². The fraction of sp³-hybridized carbons (Fsp3) is 0.154. The van der Waals surface area contributed by atoms with Gasteiger partial charge in [-0.15, -0.1) is 23.1 Å². The lowest BCUT2D eigenvalue weighted by atomic mass is 10.4. The van der Waals surface area contributed by atoms with Crippen molar-refractivity contribution in [3.63, 3.8) is 0 Å². The van der Waals surface area contributed by atoms with E-state index in [4.69, 9.17) is 11.6 Å². The van der Waals surface area contributed by atoms with Crippen LogP contribution in [0.3, 0.4) is 0 Å². The molecule has 0 aliphatic rings. The van der Waals surface area contributed by atoms with Crippen molar-refractivity contribution in [2.45, 2.75) is 11.4 Å². The molecule has 0 unspecified atom stereocenters. The molecular weight excluding hydrogens is 286 g/mol. The van der Waals surface area contributed by atoms with Crippen LogP contribution in [0.15, 0.2) is 46.7 Å². The van der Waals surface area contributed by atoms with Crippen molar-refractivity contribution in [2.24, 2.45) is 0 Å². The molecule has 0 saturated carbocycles. The van der Waals surface area contributed by atoms with Crippen LogP contribution < -0.4 is 5.32 Å². The van der Waals surface area contributed by atoms with Gasteiger partial charge in [0.05, 0.1) is 12.3 Å². The third-order valence-electron chi connectivity index (χ3n) is 2.22. The van der Waals surface area contributed by atoms with Gasteiger partial charge < -0.3 is 5.32 Å². The van der Waals surface area contributed by atoms with E-state index < -0.39 is 0 Å². The van der Waals surface area contributed by atoms with Gasteiger partial charge in [-0.25, -0.2) is 0 Å². The number of carbonyl (C=O) groups excluding carboxylic acids is 1. The number of rotatable bonds is 5. The number of hydrogen-bond acceptors (Lipinski definition) is 3. The van der Waals surface area contributed by atoms with Crippen LogP contribution in [-0.2, 0) is 11.3 Å². The highest BCUT2D eigenvalue weighted by Gasteiger charge is 2.03. The first kappa shape index (κ1) is 13.5. The van der Waals surface area contributed by atoms with Crippen LogP contribution >= 0.6 is 34.7 Å². The molecule has 0 aliphatic carbocycles. The minimum atomic E-state index is 0.0448. The summed E-state index contributed by atoms with van der Waals surface area (Å²) in [5.41, 5.74) is 0. The summed E-state index contributed by atoms with van der Waals surface area (Å²) in [6.07, 6.45) is 0. The lowest BCUT2D eigenvalue weighted by molar-refractivity contribution is -0.118. The fourth-order valence-electron chi connectivity index (χ4n) is 1.33. The third-order valence-corrected chi connectivity index (χ3v) is 4.36. The number of carbonyl (C=O) groups is 1. The van der Waals surface area contributed by atoms with E-state index >= 15 is 0 Å². The molecule has 0 saturated heterocycles. The Morgan fingerprint density at radius 2 is 2.06 bits per heavy atom. The molecule has 1 aromatic carbocycles. The average Bonchev–Trinajstić information content (AvgIpc) is 2.89. The maximum atomic E-state index is 11.6. The Hall–Kier alpha value is -0.970. The number of nitrogens with one attached hydrogen (secondary N) is 1. The first-order valence-corrected chi connectivity index (χ1v) is 7.66. The molecule has 2 rings (SSSR count). The first-order valence-electron chi connectivity index (χ1n) is 5.41. The zero-order valence-corrected chi connectivity index (χ0v) is 11.9. The number of thiophene rings is 1. The van der Waals surface area contributed by atoms with Crippen molar-refractivity contribution in [3.8, 4) is 0 Å². The van der Waals surface area contributed by atoms with Crippen molar-refractivity contribution < 1.29 is 4.79 Å². The molecule has 2 nitrogen and oxygen atoms in total. The summed E-state index contributed by atoms with van der Waals surface area (Å²) in [5.74, 6) is 0.468. The second-order valence-electron chi connectivity index (χ2n) is 3.60. The molecule has 1 amide bonds. The smallest absolute Gasteiger partial charge is 0.230 e. The van der Waals surface area contributed by atoms with Crippen molar-refractivity contribution in [1.82, 2.24) is 5.32 Å². The predicted octanol–water partition coefficient (Wildman–Crippen LogP) is 3.81. The van der Waals surface area contributed by atoms with Gasteiger partial charge in [-0.3, -0.25) is 4.79 Å². The Labute approximate surface area is 119 Å². The van der Waals surface area contributed by atoms with Crippen LogP contribution in [0.4, 0.5) is 0 Å². The molecule has 1 heterocycles. The van der Waals surface area contributed by atoms with Gasteiger partial charge in [0, 0.05) is 14.8 Å². The van der Waals surface area contributed by atoms with E-state index in [9.17, 15) is 4.79 Å². The minimum absolute atomic E-state index is 0.0448. The van der Waals surface area contributed by atoms with Crippen LogP contribution in [0.1, 0.15) is 4.88 Å². The Morgan fingerprint density at radius 1 is 1.28 bits per heavy atom. The zero-order valence-electron chi connectivity index (χ0n) is 9.56. The molecule has 0 atom stereocenters. The number of thioether (sulfide) groups is 1. The van der Waals surface area contributed by atoms with E-state index in [1.54, 1.807) is 11.3 Å². The average molecular weight is 298 g/mol. The maximum absolute atomic E-state index is 11.6. The topological polar surface area (TPSA) is 29.1 Å². The number of hydrogen-bond donors (Lipinski definition) is 1. The van der Waals surface area contributed by atoms with Gasteiger partial charge in [0.15, 0.2) is 0 Å². The molecule has 0 radical (unpaired) electrons. The molecule has 0 spiro atoms. The molecule has 0 bridgehead atoms. The molecule has 2 aromatic rings. The van der Waals surface area contributed by atoms with Crippen LogP contribution in [0.5, 0.6) is 0 Å². The molecule has 1 aromatic heterocycles. The largest absolute Gasteiger partial charge is 0.350 e. The summed E-state index contributed by atoms with van der Waals surface area (Å²) in [4.78, 5) is 13.8. The summed E-state index contributed by atoms with van der Waals surface area (Å²) in [6, 6.07) is 11.5. The zero-order chi connectivity index (χ0) is 12.8. The quantitative estimate of drug-likeness (QED) is 0.850. The Kier molecular flexibility index (Phi) is 5.11. The monoisotopic (exact) mass is 297 g/mol. The van der Waals surface area contributed by atoms with Gasteiger partial charge in [-0.2, -0.15) is 0 Å². The van der Waals surface area contributed by atoms with Crippen molar-refractivity contribution in [1.29, 1.82) is 0 Å². The first-order chi connectivity index (χ1) is 8.74. The van der Waals surface area contributed by atoms with E-state index in [1.807, 2.05) is 41.8 Å². The van der Waals surface area contributed by atoms with Gasteiger partial charge in [0.1, 0.15) is 0 Å². The summed E-state index contributed by atoms with van der Waals surface area (Å²) in [6.45, 7) is 0.609. The highest BCUT2D eigenvalue weighted by atomic mass is 35.5. The molecule has 0 aliphatic heterocycles. The summed E-state index contributed by atoms with van der Waals surface area (Å²) < 4.78 is 0. The minimum Gasteiger partial charge on any atom is -0.350 e. The van der Waals surface area contributed by atoms with Gasteiger partial charge in [-0.1, -0.05) is 17.7 Å². The highest BCUT2D eigenvalue weighted by Crippen LogP contribution is 2.20. The molecule has 18 heavy (non-hydrogen) atoms. The highest BCUT2D eigenvalue weighted by molar-refractivity contribution is 8.00. The van der Waals surface area contributed by atoms with Crippen molar-refractivity contribution >= 4 is 40.6 Å². The number of halogens is 1. The van der Waals surface area contributed by atoms with Gasteiger partial charge >= 0.3 is 0 Å². The van der Waals surface area contributed by atoms with Crippen LogP contribution in [-0.4, -0.2) is 11.7 Å². The Balaban J connectivity index is 1.73. The molecule has 5 heteroatoms. The molecule has 94 valence electrons. The molecule has 1 N–H and O–H groups in total. The predicted molar refractivity (Wildman–Crippen MR) is 78.3 cm³/mol. The van der Waals surface area contributed by atoms with E-state index in [0.29, 0.717) is 17.3 Å². The summed E-state index contributed by atoms with van der Waals surface area (Å²) in [5, 5.41) is 5.60. The SMILES string of the molecule is O=C(CSc1ccc(Cl)cc1)NCc1cccs1. The number of benzene rings is 1.